The van der Waals surface area contributed by atoms with E-state index in [1.165, 1.54) is 0 Å². The number of piperidine rings is 1. The molecule has 0 unspecified atom stereocenters. The summed E-state index contributed by atoms with van der Waals surface area (Å²) in [5.41, 5.74) is 12.5. The summed E-state index contributed by atoms with van der Waals surface area (Å²) < 4.78 is 0. The second kappa shape index (κ2) is 6.52. The first-order valence-electron chi connectivity index (χ1n) is 6.96. The number of rotatable bonds is 4. The Hall–Kier alpha value is -1.88. The number of carbonyl (C=O) groups excluding carboxylic acids is 2. The van der Waals surface area contributed by atoms with Crippen LogP contribution in [-0.2, 0) is 11.3 Å². The van der Waals surface area contributed by atoms with Gasteiger partial charge in [-0.25, -0.2) is 0 Å². The Bertz CT molecular complexity index is 476. The summed E-state index contributed by atoms with van der Waals surface area (Å²) >= 11 is 0. The average molecular weight is 275 g/mol. The number of benzene rings is 1. The molecule has 5 nitrogen and oxygen atoms in total. The number of hydrogen-bond acceptors (Lipinski definition) is 3. The highest BCUT2D eigenvalue weighted by molar-refractivity contribution is 5.94. The topological polar surface area (TPSA) is 89.4 Å². The van der Waals surface area contributed by atoms with Crippen molar-refractivity contribution in [2.45, 2.75) is 25.8 Å². The van der Waals surface area contributed by atoms with Crippen molar-refractivity contribution in [3.8, 4) is 0 Å². The van der Waals surface area contributed by atoms with Crippen LogP contribution in [0.2, 0.25) is 0 Å². The Kier molecular flexibility index (Phi) is 4.74. The van der Waals surface area contributed by atoms with Gasteiger partial charge in [0.25, 0.3) is 5.91 Å². The Balaban J connectivity index is 1.92. The maximum absolute atomic E-state index is 12.3. The maximum atomic E-state index is 12.3. The lowest BCUT2D eigenvalue weighted by Gasteiger charge is -2.31. The molecule has 1 saturated heterocycles. The minimum absolute atomic E-state index is 0.0473. The van der Waals surface area contributed by atoms with Crippen LogP contribution in [0.5, 0.6) is 0 Å². The summed E-state index contributed by atoms with van der Waals surface area (Å²) in [6.45, 7) is 1.86. The van der Waals surface area contributed by atoms with Gasteiger partial charge in [-0.1, -0.05) is 12.1 Å². The van der Waals surface area contributed by atoms with Crippen molar-refractivity contribution in [3.63, 3.8) is 0 Å². The van der Waals surface area contributed by atoms with Gasteiger partial charge in [-0.2, -0.15) is 0 Å². The van der Waals surface area contributed by atoms with Gasteiger partial charge >= 0.3 is 0 Å². The molecule has 2 rings (SSSR count). The summed E-state index contributed by atoms with van der Waals surface area (Å²) in [6.07, 6.45) is 2.11. The van der Waals surface area contributed by atoms with E-state index >= 15 is 0 Å². The third-order valence-electron chi connectivity index (χ3n) is 3.83. The van der Waals surface area contributed by atoms with E-state index in [-0.39, 0.29) is 11.8 Å². The van der Waals surface area contributed by atoms with E-state index in [0.717, 1.165) is 18.4 Å². The molecular formula is C15H21N3O2. The van der Waals surface area contributed by atoms with Gasteiger partial charge in [-0.3, -0.25) is 9.59 Å². The lowest BCUT2D eigenvalue weighted by molar-refractivity contribution is -0.119. The molecule has 1 aromatic rings. The predicted molar refractivity (Wildman–Crippen MR) is 76.8 cm³/mol. The average Bonchev–Trinajstić information content (AvgIpc) is 2.47. The van der Waals surface area contributed by atoms with Crippen LogP contribution < -0.4 is 11.5 Å². The van der Waals surface area contributed by atoms with E-state index in [9.17, 15) is 9.59 Å². The minimum atomic E-state index is -0.257. The molecular weight excluding hydrogens is 254 g/mol. The van der Waals surface area contributed by atoms with Crippen molar-refractivity contribution in [1.82, 2.24) is 4.90 Å². The number of amides is 2. The molecule has 0 aliphatic carbocycles. The maximum Gasteiger partial charge on any atom is 0.253 e. The fourth-order valence-electron chi connectivity index (χ4n) is 2.59. The standard InChI is InChI=1S/C15H21N3O2/c16-10-12-1-3-13(4-2-12)15(20)18-7-5-11(6-8-18)9-14(17)19/h1-4,11H,5-10,16H2,(H2,17,19). The first kappa shape index (κ1) is 14.5. The van der Waals surface area contributed by atoms with E-state index in [2.05, 4.69) is 0 Å². The van der Waals surface area contributed by atoms with Gasteiger partial charge in [0.05, 0.1) is 0 Å². The van der Waals surface area contributed by atoms with Crippen LogP contribution in [-0.4, -0.2) is 29.8 Å². The van der Waals surface area contributed by atoms with Crippen molar-refractivity contribution in [2.24, 2.45) is 17.4 Å². The van der Waals surface area contributed by atoms with Gasteiger partial charge in [-0.05, 0) is 36.5 Å². The molecule has 1 aliphatic heterocycles. The van der Waals surface area contributed by atoms with E-state index in [1.807, 2.05) is 29.2 Å². The molecule has 1 fully saturated rings. The highest BCUT2D eigenvalue weighted by atomic mass is 16.2. The zero-order valence-electron chi connectivity index (χ0n) is 11.5. The first-order chi connectivity index (χ1) is 9.60. The van der Waals surface area contributed by atoms with Crippen LogP contribution in [0.1, 0.15) is 35.2 Å². The summed E-state index contributed by atoms with van der Waals surface area (Å²) in [4.78, 5) is 25.1. The fraction of sp³-hybridized carbons (Fsp3) is 0.467. The Labute approximate surface area is 118 Å². The largest absolute Gasteiger partial charge is 0.370 e. The molecule has 0 spiro atoms. The van der Waals surface area contributed by atoms with E-state index in [0.29, 0.717) is 37.5 Å². The van der Waals surface area contributed by atoms with Crippen molar-refractivity contribution in [2.75, 3.05) is 13.1 Å². The van der Waals surface area contributed by atoms with Gasteiger partial charge < -0.3 is 16.4 Å². The first-order valence-corrected chi connectivity index (χ1v) is 6.96. The molecule has 5 heteroatoms. The van der Waals surface area contributed by atoms with Crippen LogP contribution in [0.15, 0.2) is 24.3 Å². The zero-order valence-corrected chi connectivity index (χ0v) is 11.5. The second-order valence-corrected chi connectivity index (χ2v) is 5.31. The SMILES string of the molecule is NCc1ccc(C(=O)N2CCC(CC(N)=O)CC2)cc1. The summed E-state index contributed by atoms with van der Waals surface area (Å²) in [5.74, 6) is 0.106. The molecule has 0 bridgehead atoms. The lowest BCUT2D eigenvalue weighted by Crippen LogP contribution is -2.39. The predicted octanol–water partition coefficient (Wildman–Crippen LogP) is 0.873. The summed E-state index contributed by atoms with van der Waals surface area (Å²) in [6, 6.07) is 7.40. The summed E-state index contributed by atoms with van der Waals surface area (Å²) in [5, 5.41) is 0. The number of likely N-dealkylation sites (tertiary alicyclic amines) is 1. The van der Waals surface area contributed by atoms with E-state index in [1.54, 1.807) is 0 Å². The van der Waals surface area contributed by atoms with Crippen LogP contribution in [0.25, 0.3) is 0 Å². The zero-order chi connectivity index (χ0) is 14.5. The number of primary amides is 1. The Morgan fingerprint density at radius 1 is 1.15 bits per heavy atom. The van der Waals surface area contributed by atoms with Crippen LogP contribution in [0, 0.1) is 5.92 Å². The molecule has 1 aliphatic rings. The Morgan fingerprint density at radius 3 is 2.25 bits per heavy atom. The van der Waals surface area contributed by atoms with Gasteiger partial charge in [0.15, 0.2) is 0 Å². The molecule has 0 atom stereocenters. The highest BCUT2D eigenvalue weighted by Crippen LogP contribution is 2.21. The van der Waals surface area contributed by atoms with Crippen molar-refractivity contribution < 1.29 is 9.59 Å². The number of nitrogens with two attached hydrogens (primary N) is 2. The lowest BCUT2D eigenvalue weighted by atomic mass is 9.93. The van der Waals surface area contributed by atoms with Crippen LogP contribution in [0.4, 0.5) is 0 Å². The van der Waals surface area contributed by atoms with Crippen molar-refractivity contribution >= 4 is 11.8 Å². The molecule has 0 aromatic heterocycles. The molecule has 20 heavy (non-hydrogen) atoms. The number of carbonyl (C=O) groups is 2. The minimum Gasteiger partial charge on any atom is -0.370 e. The van der Waals surface area contributed by atoms with Crippen LogP contribution in [0.3, 0.4) is 0 Å². The number of nitrogens with zero attached hydrogens (tertiary/aromatic N) is 1. The third-order valence-corrected chi connectivity index (χ3v) is 3.83. The molecule has 1 heterocycles. The third kappa shape index (κ3) is 3.57. The molecule has 108 valence electrons. The molecule has 0 saturated carbocycles. The van der Waals surface area contributed by atoms with Gasteiger partial charge in [0.2, 0.25) is 5.91 Å². The molecule has 1 aromatic carbocycles. The molecule has 2 amide bonds. The van der Waals surface area contributed by atoms with Gasteiger partial charge in [0, 0.05) is 31.6 Å². The van der Waals surface area contributed by atoms with E-state index in [4.69, 9.17) is 11.5 Å². The number of hydrogen-bond donors (Lipinski definition) is 2. The molecule has 4 N–H and O–H groups in total. The van der Waals surface area contributed by atoms with Gasteiger partial charge in [-0.15, -0.1) is 0 Å². The molecule has 0 radical (unpaired) electrons. The highest BCUT2D eigenvalue weighted by Gasteiger charge is 2.24. The van der Waals surface area contributed by atoms with Crippen LogP contribution >= 0.6 is 0 Å². The second-order valence-electron chi connectivity index (χ2n) is 5.31. The van der Waals surface area contributed by atoms with Crippen molar-refractivity contribution in [3.05, 3.63) is 35.4 Å². The quantitative estimate of drug-likeness (QED) is 0.854. The smallest absolute Gasteiger partial charge is 0.253 e. The van der Waals surface area contributed by atoms with Gasteiger partial charge in [0.1, 0.15) is 0 Å². The summed E-state index contributed by atoms with van der Waals surface area (Å²) in [7, 11) is 0. The Morgan fingerprint density at radius 2 is 1.75 bits per heavy atom. The normalized spacial score (nSPS) is 16.1. The monoisotopic (exact) mass is 275 g/mol. The van der Waals surface area contributed by atoms with E-state index < -0.39 is 0 Å². The fourth-order valence-corrected chi connectivity index (χ4v) is 2.59. The van der Waals surface area contributed by atoms with Crippen molar-refractivity contribution in [1.29, 1.82) is 0 Å².